The molecular formula is C25H35NO8S2. The molecule has 0 bridgehead atoms. The average Bonchev–Trinajstić information content (AvgIpc) is 3.36. The molecule has 0 spiro atoms. The van der Waals surface area contributed by atoms with Gasteiger partial charge in [-0.15, -0.1) is 22.7 Å². The van der Waals surface area contributed by atoms with Crippen LogP contribution in [0.15, 0.2) is 12.1 Å². The molecule has 0 aromatic carbocycles. The minimum absolute atomic E-state index is 0.000602. The van der Waals surface area contributed by atoms with Gasteiger partial charge in [0.1, 0.15) is 17.1 Å². The molecular weight excluding hydrogens is 506 g/mol. The van der Waals surface area contributed by atoms with Crippen LogP contribution >= 0.6 is 22.7 Å². The predicted octanol–water partition coefficient (Wildman–Crippen LogP) is 5.42. The normalized spacial score (nSPS) is 13.9. The Bertz CT molecular complexity index is 1050. The number of hydrogen-bond donors (Lipinski definition) is 1. The van der Waals surface area contributed by atoms with Gasteiger partial charge in [0.15, 0.2) is 9.75 Å². The maximum absolute atomic E-state index is 12.1. The second-order valence-electron chi connectivity index (χ2n) is 9.33. The van der Waals surface area contributed by atoms with Gasteiger partial charge in [0, 0.05) is 22.8 Å². The maximum Gasteiger partial charge on any atom is 0.410 e. The number of amides is 1. The van der Waals surface area contributed by atoms with Crippen LogP contribution in [-0.4, -0.2) is 67.6 Å². The maximum atomic E-state index is 12.1. The molecule has 1 aliphatic heterocycles. The summed E-state index contributed by atoms with van der Waals surface area (Å²) in [6.07, 6.45) is 1.46. The van der Waals surface area contributed by atoms with Crippen molar-refractivity contribution in [1.29, 1.82) is 0 Å². The number of nitrogens with zero attached hydrogens (tertiary/aromatic N) is 1. The third-order valence-electron chi connectivity index (χ3n) is 5.14. The molecule has 9 nitrogen and oxygen atoms in total. The van der Waals surface area contributed by atoms with Crippen molar-refractivity contribution in [3.8, 4) is 11.5 Å². The van der Waals surface area contributed by atoms with Crippen LogP contribution in [0.2, 0.25) is 0 Å². The Kier molecular flexibility index (Phi) is 10.6. The lowest BCUT2D eigenvalue weighted by atomic mass is 9.98. The fourth-order valence-electron chi connectivity index (χ4n) is 3.39. The number of rotatable bonds is 5. The van der Waals surface area contributed by atoms with Crippen molar-refractivity contribution >= 4 is 40.7 Å². The monoisotopic (exact) mass is 541 g/mol. The Labute approximate surface area is 219 Å². The van der Waals surface area contributed by atoms with E-state index in [0.717, 1.165) is 22.6 Å². The van der Waals surface area contributed by atoms with Gasteiger partial charge in [-0.3, -0.25) is 0 Å². The molecule has 11 heteroatoms. The molecule has 2 aromatic heterocycles. The van der Waals surface area contributed by atoms with Gasteiger partial charge in [0.05, 0.1) is 20.8 Å². The summed E-state index contributed by atoms with van der Waals surface area (Å²) in [4.78, 5) is 39.2. The smallest absolute Gasteiger partial charge is 0.410 e. The van der Waals surface area contributed by atoms with Gasteiger partial charge in [-0.2, -0.15) is 0 Å². The Morgan fingerprint density at radius 1 is 0.972 bits per heavy atom. The van der Waals surface area contributed by atoms with E-state index >= 15 is 0 Å². The summed E-state index contributed by atoms with van der Waals surface area (Å²) >= 11 is 2.60. The van der Waals surface area contributed by atoms with E-state index in [1.165, 1.54) is 43.0 Å². The topological polar surface area (TPSA) is 112 Å². The van der Waals surface area contributed by atoms with Crippen LogP contribution in [0.25, 0.3) is 0 Å². The Balaban J connectivity index is 0.000000346. The molecule has 1 fully saturated rings. The second kappa shape index (κ2) is 13.0. The number of hydrogen-bond acceptors (Lipinski definition) is 10. The van der Waals surface area contributed by atoms with E-state index in [2.05, 4.69) is 4.74 Å². The molecule has 200 valence electrons. The zero-order valence-electron chi connectivity index (χ0n) is 21.8. The molecule has 3 rings (SSSR count). The molecule has 0 saturated carbocycles. The Morgan fingerprint density at radius 2 is 1.50 bits per heavy atom. The second-order valence-corrected chi connectivity index (χ2v) is 11.8. The van der Waals surface area contributed by atoms with Crippen molar-refractivity contribution in [2.75, 3.05) is 33.9 Å². The predicted molar refractivity (Wildman–Crippen MR) is 138 cm³/mol. The quantitative estimate of drug-likeness (QED) is 0.395. The largest absolute Gasteiger partial charge is 0.506 e. The molecule has 1 amide bonds. The highest BCUT2D eigenvalue weighted by Gasteiger charge is 2.27. The van der Waals surface area contributed by atoms with Crippen LogP contribution in [0.4, 0.5) is 4.79 Å². The van der Waals surface area contributed by atoms with Gasteiger partial charge >= 0.3 is 18.0 Å². The van der Waals surface area contributed by atoms with Crippen LogP contribution in [0.5, 0.6) is 11.5 Å². The zero-order valence-corrected chi connectivity index (χ0v) is 23.5. The fraction of sp³-hybridized carbons (Fsp3) is 0.560. The summed E-state index contributed by atoms with van der Waals surface area (Å²) in [5, 5.41) is 9.14. The number of esters is 2. The highest BCUT2D eigenvalue weighted by molar-refractivity contribution is 7.14. The first-order chi connectivity index (χ1) is 16.8. The van der Waals surface area contributed by atoms with Crippen LogP contribution in [0.3, 0.4) is 0 Å². The van der Waals surface area contributed by atoms with E-state index in [9.17, 15) is 14.4 Å². The highest BCUT2D eigenvalue weighted by Crippen LogP contribution is 2.31. The van der Waals surface area contributed by atoms with Gasteiger partial charge in [0.25, 0.3) is 0 Å². The molecule has 1 aliphatic rings. The lowest BCUT2D eigenvalue weighted by Gasteiger charge is -2.33. The van der Waals surface area contributed by atoms with Gasteiger partial charge in [0.2, 0.25) is 0 Å². The molecule has 36 heavy (non-hydrogen) atoms. The minimum Gasteiger partial charge on any atom is -0.506 e. The van der Waals surface area contributed by atoms with Crippen LogP contribution in [0.1, 0.15) is 62.7 Å². The number of carbonyl (C=O) groups excluding carboxylic acids is 3. The van der Waals surface area contributed by atoms with E-state index in [1.54, 1.807) is 4.90 Å². The fourth-order valence-corrected chi connectivity index (χ4v) is 5.08. The molecule has 2 aromatic rings. The molecule has 1 N–H and O–H groups in total. The lowest BCUT2D eigenvalue weighted by Crippen LogP contribution is -2.42. The van der Waals surface area contributed by atoms with Crippen LogP contribution < -0.4 is 4.74 Å². The van der Waals surface area contributed by atoms with Crippen molar-refractivity contribution < 1.29 is 38.4 Å². The van der Waals surface area contributed by atoms with Crippen molar-refractivity contribution in [2.24, 2.45) is 5.92 Å². The molecule has 0 unspecified atom stereocenters. The lowest BCUT2D eigenvalue weighted by molar-refractivity contribution is 0.0163. The van der Waals surface area contributed by atoms with Gasteiger partial charge in [-0.1, -0.05) is 0 Å². The van der Waals surface area contributed by atoms with Crippen LogP contribution in [0, 0.1) is 19.8 Å². The van der Waals surface area contributed by atoms with Gasteiger partial charge in [-0.05, 0) is 65.5 Å². The number of aryl methyl sites for hydroxylation is 2. The van der Waals surface area contributed by atoms with Gasteiger partial charge < -0.3 is 29.0 Å². The van der Waals surface area contributed by atoms with E-state index < -0.39 is 11.6 Å². The van der Waals surface area contributed by atoms with Crippen molar-refractivity contribution in [3.05, 3.63) is 31.6 Å². The number of methoxy groups -OCH3 is 2. The summed E-state index contributed by atoms with van der Waals surface area (Å²) in [5.41, 5.74) is -0.474. The van der Waals surface area contributed by atoms with Crippen LogP contribution in [-0.2, 0) is 14.2 Å². The Hall–Kier alpha value is -2.79. The molecule has 0 radical (unpaired) electrons. The van der Waals surface area contributed by atoms with Gasteiger partial charge in [-0.25, -0.2) is 14.4 Å². The number of piperidine rings is 1. The third kappa shape index (κ3) is 8.70. The minimum atomic E-state index is -0.486. The zero-order chi connectivity index (χ0) is 27.0. The van der Waals surface area contributed by atoms with E-state index in [4.69, 9.17) is 19.3 Å². The highest BCUT2D eigenvalue weighted by atomic mass is 32.1. The summed E-state index contributed by atoms with van der Waals surface area (Å²) in [7, 11) is 2.66. The standard InChI is InChI=1S/C18H27NO5S.C7H8O3S/c1-12-10-14(15(25-12)16(20)22-5)23-11-13-6-8-19(9-7-13)17(21)24-18(2,3)4;1-4-3-5(8)6(11-4)7(9)10-2/h10,13H,6-9,11H2,1-5H3;3,8H,1-2H3. The summed E-state index contributed by atoms with van der Waals surface area (Å²) in [5.74, 6) is 0.0844. The van der Waals surface area contributed by atoms with Crippen molar-refractivity contribution in [3.63, 3.8) is 0 Å². The molecule has 0 aliphatic carbocycles. The van der Waals surface area contributed by atoms with Crippen molar-refractivity contribution in [1.82, 2.24) is 4.90 Å². The summed E-state index contributed by atoms with van der Waals surface area (Å²) in [6, 6.07) is 3.41. The molecule has 1 saturated heterocycles. The summed E-state index contributed by atoms with van der Waals surface area (Å²) < 4.78 is 20.5. The SMILES string of the molecule is COC(=O)c1sc(C)cc1O.COC(=O)c1sc(C)cc1OCC1CCN(C(=O)OC(C)(C)C)CC1. The number of likely N-dealkylation sites (tertiary alicyclic amines) is 1. The number of aromatic hydroxyl groups is 1. The first-order valence-corrected chi connectivity index (χ1v) is 13.1. The van der Waals surface area contributed by atoms with E-state index in [0.29, 0.717) is 36.2 Å². The number of thiophene rings is 2. The first-order valence-electron chi connectivity index (χ1n) is 11.5. The third-order valence-corrected chi connectivity index (χ3v) is 7.17. The average molecular weight is 542 g/mol. The number of carbonyl (C=O) groups is 3. The Morgan fingerprint density at radius 3 is 2.00 bits per heavy atom. The summed E-state index contributed by atoms with van der Waals surface area (Å²) in [6.45, 7) is 11.2. The van der Waals surface area contributed by atoms with E-state index in [1.807, 2.05) is 40.7 Å². The van der Waals surface area contributed by atoms with E-state index in [-0.39, 0.29) is 22.7 Å². The number of ether oxygens (including phenoxy) is 4. The van der Waals surface area contributed by atoms with Crippen molar-refractivity contribution in [2.45, 2.75) is 53.1 Å². The molecule has 3 heterocycles. The first kappa shape index (κ1) is 29.4. The molecule has 0 atom stereocenters.